The van der Waals surface area contributed by atoms with E-state index in [2.05, 4.69) is 10.1 Å². The molecule has 1 saturated heterocycles. The molecule has 8 nitrogen and oxygen atoms in total. The Morgan fingerprint density at radius 1 is 1.03 bits per heavy atom. The van der Waals surface area contributed by atoms with Crippen LogP contribution < -0.4 is 10.2 Å². The van der Waals surface area contributed by atoms with Gasteiger partial charge in [0, 0.05) is 24.3 Å². The van der Waals surface area contributed by atoms with Crippen LogP contribution in [-0.4, -0.2) is 44.0 Å². The molecule has 2 aromatic carbocycles. The summed E-state index contributed by atoms with van der Waals surface area (Å²) < 4.78 is 9.66. The van der Waals surface area contributed by atoms with E-state index in [1.807, 2.05) is 0 Å². The van der Waals surface area contributed by atoms with Crippen molar-refractivity contribution >= 4 is 35.1 Å². The molecule has 2 aromatic rings. The molecule has 29 heavy (non-hydrogen) atoms. The van der Waals surface area contributed by atoms with E-state index in [1.54, 1.807) is 41.3 Å². The molecule has 0 atom stereocenters. The van der Waals surface area contributed by atoms with Crippen LogP contribution in [0.25, 0.3) is 0 Å². The fourth-order valence-electron chi connectivity index (χ4n) is 2.94. The quantitative estimate of drug-likeness (QED) is 0.753. The minimum atomic E-state index is -0.658. The zero-order valence-corrected chi connectivity index (χ0v) is 15.8. The molecular weight excluding hydrogens is 376 g/mol. The molecule has 0 radical (unpaired) electrons. The summed E-state index contributed by atoms with van der Waals surface area (Å²) in [6, 6.07) is 12.7. The van der Waals surface area contributed by atoms with Crippen molar-refractivity contribution in [1.82, 2.24) is 0 Å². The van der Waals surface area contributed by atoms with Crippen LogP contribution in [0.1, 0.15) is 33.6 Å². The number of carbonyl (C=O) groups excluding carboxylic acids is 4. The number of amides is 2. The summed E-state index contributed by atoms with van der Waals surface area (Å²) in [5.74, 6) is -1.63. The molecule has 2 amide bonds. The Morgan fingerprint density at radius 3 is 2.45 bits per heavy atom. The zero-order chi connectivity index (χ0) is 20.8. The van der Waals surface area contributed by atoms with Crippen molar-refractivity contribution in [2.45, 2.75) is 12.8 Å². The van der Waals surface area contributed by atoms with Crippen LogP contribution in [0.3, 0.4) is 0 Å². The lowest BCUT2D eigenvalue weighted by Crippen LogP contribution is -2.24. The van der Waals surface area contributed by atoms with Gasteiger partial charge in [0.2, 0.25) is 5.91 Å². The van der Waals surface area contributed by atoms with Crippen molar-refractivity contribution in [3.63, 3.8) is 0 Å². The Bertz CT molecular complexity index is 938. The van der Waals surface area contributed by atoms with Gasteiger partial charge in [0.1, 0.15) is 0 Å². The van der Waals surface area contributed by atoms with Crippen molar-refractivity contribution in [1.29, 1.82) is 0 Å². The number of nitrogens with zero attached hydrogens (tertiary/aromatic N) is 1. The molecular formula is C21H20N2O6. The lowest BCUT2D eigenvalue weighted by atomic mass is 10.2. The minimum Gasteiger partial charge on any atom is -0.465 e. The zero-order valence-electron chi connectivity index (χ0n) is 15.8. The first kappa shape index (κ1) is 20.1. The van der Waals surface area contributed by atoms with E-state index >= 15 is 0 Å². The van der Waals surface area contributed by atoms with Crippen LogP contribution in [0.5, 0.6) is 0 Å². The number of anilines is 2. The summed E-state index contributed by atoms with van der Waals surface area (Å²) >= 11 is 0. The Balaban J connectivity index is 1.54. The molecule has 0 spiro atoms. The van der Waals surface area contributed by atoms with Crippen LogP contribution in [0.2, 0.25) is 0 Å². The largest absolute Gasteiger partial charge is 0.465 e. The van der Waals surface area contributed by atoms with Crippen molar-refractivity contribution < 1.29 is 28.7 Å². The van der Waals surface area contributed by atoms with Gasteiger partial charge < -0.3 is 19.7 Å². The third-order valence-corrected chi connectivity index (χ3v) is 4.39. The number of carbonyl (C=O) groups is 4. The number of ether oxygens (including phenoxy) is 2. The molecule has 1 fully saturated rings. The van der Waals surface area contributed by atoms with Gasteiger partial charge in [-0.1, -0.05) is 6.07 Å². The van der Waals surface area contributed by atoms with Crippen LogP contribution in [0.15, 0.2) is 48.5 Å². The third kappa shape index (κ3) is 4.98. The molecule has 0 unspecified atom stereocenters. The SMILES string of the molecule is COC(=O)c1ccc(NC(=O)COC(=O)c2cccc(N3CCCC3=O)c2)cc1. The molecule has 0 saturated carbocycles. The number of benzene rings is 2. The van der Waals surface area contributed by atoms with Gasteiger partial charge in [-0.2, -0.15) is 0 Å². The summed E-state index contributed by atoms with van der Waals surface area (Å²) in [5.41, 5.74) is 1.70. The fraction of sp³-hybridized carbons (Fsp3) is 0.238. The highest BCUT2D eigenvalue weighted by molar-refractivity contribution is 5.99. The van der Waals surface area contributed by atoms with Gasteiger partial charge in [0.05, 0.1) is 18.2 Å². The molecule has 0 bridgehead atoms. The number of hydrogen-bond acceptors (Lipinski definition) is 6. The second-order valence-electron chi connectivity index (χ2n) is 6.39. The molecule has 8 heteroatoms. The first-order valence-electron chi connectivity index (χ1n) is 9.03. The fourth-order valence-corrected chi connectivity index (χ4v) is 2.94. The van der Waals surface area contributed by atoms with Gasteiger partial charge in [-0.25, -0.2) is 9.59 Å². The number of rotatable bonds is 6. The summed E-state index contributed by atoms with van der Waals surface area (Å²) in [5, 5.41) is 2.57. The lowest BCUT2D eigenvalue weighted by Gasteiger charge is -2.16. The van der Waals surface area contributed by atoms with Crippen molar-refractivity contribution in [3.05, 3.63) is 59.7 Å². The highest BCUT2D eigenvalue weighted by Crippen LogP contribution is 2.22. The van der Waals surface area contributed by atoms with Gasteiger partial charge in [0.25, 0.3) is 5.91 Å². The van der Waals surface area contributed by atoms with E-state index in [1.165, 1.54) is 19.2 Å². The highest BCUT2D eigenvalue weighted by Gasteiger charge is 2.22. The van der Waals surface area contributed by atoms with Gasteiger partial charge in [-0.15, -0.1) is 0 Å². The van der Waals surface area contributed by atoms with Crippen LogP contribution >= 0.6 is 0 Å². The highest BCUT2D eigenvalue weighted by atomic mass is 16.5. The number of esters is 2. The lowest BCUT2D eigenvalue weighted by molar-refractivity contribution is -0.119. The molecule has 0 aliphatic carbocycles. The first-order valence-corrected chi connectivity index (χ1v) is 9.03. The average Bonchev–Trinajstić information content (AvgIpc) is 3.18. The average molecular weight is 396 g/mol. The second-order valence-corrected chi connectivity index (χ2v) is 6.39. The van der Waals surface area contributed by atoms with E-state index in [4.69, 9.17) is 4.74 Å². The maximum Gasteiger partial charge on any atom is 0.338 e. The summed E-state index contributed by atoms with van der Waals surface area (Å²) in [6.45, 7) is 0.152. The first-order chi connectivity index (χ1) is 14.0. The monoisotopic (exact) mass is 396 g/mol. The maximum absolute atomic E-state index is 12.2. The Morgan fingerprint density at radius 2 is 1.79 bits per heavy atom. The topological polar surface area (TPSA) is 102 Å². The molecule has 0 aromatic heterocycles. The van der Waals surface area contributed by atoms with E-state index in [0.29, 0.717) is 29.9 Å². The molecule has 1 aliphatic heterocycles. The van der Waals surface area contributed by atoms with E-state index in [9.17, 15) is 19.2 Å². The predicted octanol–water partition coefficient (Wildman–Crippen LogP) is 2.40. The Kier molecular flexibility index (Phi) is 6.23. The van der Waals surface area contributed by atoms with Crippen LogP contribution in [-0.2, 0) is 19.1 Å². The van der Waals surface area contributed by atoms with E-state index < -0.39 is 24.5 Å². The van der Waals surface area contributed by atoms with Gasteiger partial charge in [0.15, 0.2) is 6.61 Å². The van der Waals surface area contributed by atoms with Crippen molar-refractivity contribution in [2.24, 2.45) is 0 Å². The third-order valence-electron chi connectivity index (χ3n) is 4.39. The minimum absolute atomic E-state index is 0.0214. The van der Waals surface area contributed by atoms with Gasteiger partial charge in [-0.05, 0) is 48.9 Å². The van der Waals surface area contributed by atoms with Crippen molar-refractivity contribution in [3.8, 4) is 0 Å². The van der Waals surface area contributed by atoms with Gasteiger partial charge >= 0.3 is 11.9 Å². The molecule has 1 aliphatic rings. The van der Waals surface area contributed by atoms with E-state index in [-0.39, 0.29) is 11.5 Å². The Hall–Kier alpha value is -3.68. The predicted molar refractivity (Wildman–Crippen MR) is 105 cm³/mol. The number of methoxy groups -OCH3 is 1. The maximum atomic E-state index is 12.2. The number of hydrogen-bond donors (Lipinski definition) is 1. The molecule has 3 rings (SSSR count). The molecule has 1 N–H and O–H groups in total. The molecule has 1 heterocycles. The number of nitrogens with one attached hydrogen (secondary N) is 1. The molecule has 150 valence electrons. The summed E-state index contributed by atoms with van der Waals surface area (Å²) in [7, 11) is 1.28. The van der Waals surface area contributed by atoms with Crippen LogP contribution in [0.4, 0.5) is 11.4 Å². The van der Waals surface area contributed by atoms with Gasteiger partial charge in [-0.3, -0.25) is 9.59 Å². The van der Waals surface area contributed by atoms with Crippen LogP contribution in [0, 0.1) is 0 Å². The smallest absolute Gasteiger partial charge is 0.338 e. The Labute approximate surface area is 167 Å². The normalized spacial score (nSPS) is 13.1. The summed E-state index contributed by atoms with van der Waals surface area (Å²) in [6.07, 6.45) is 1.28. The van der Waals surface area contributed by atoms with Crippen molar-refractivity contribution in [2.75, 3.05) is 30.5 Å². The standard InChI is InChI=1S/C21H20N2O6/c1-28-20(26)14-7-9-16(10-8-14)22-18(24)13-29-21(27)15-4-2-5-17(12-15)23-11-3-6-19(23)25/h2,4-5,7-10,12H,3,6,11,13H2,1H3,(H,22,24). The van der Waals surface area contributed by atoms with E-state index in [0.717, 1.165) is 6.42 Å². The second kappa shape index (κ2) is 9.01. The summed E-state index contributed by atoms with van der Waals surface area (Å²) in [4.78, 5) is 49.1.